The predicted molar refractivity (Wildman–Crippen MR) is 159 cm³/mol. The number of hydrogen-bond acceptors (Lipinski definition) is 7. The molecule has 0 aromatic heterocycles. The number of carbonyl (C=O) groups excluding carboxylic acids is 1. The third kappa shape index (κ3) is 7.11. The lowest BCUT2D eigenvalue weighted by atomic mass is 9.74. The molecule has 1 amide bonds. The first kappa shape index (κ1) is 30.0. The molecule has 0 saturated carbocycles. The van der Waals surface area contributed by atoms with Gasteiger partial charge in [0.05, 0.1) is 30.9 Å². The van der Waals surface area contributed by atoms with Crippen LogP contribution in [0.2, 0.25) is 0 Å². The molecule has 2 fully saturated rings. The maximum atomic E-state index is 13.8. The van der Waals surface area contributed by atoms with Crippen LogP contribution < -0.4 is 9.03 Å². The molecule has 1 N–H and O–H groups in total. The van der Waals surface area contributed by atoms with Crippen molar-refractivity contribution in [3.63, 3.8) is 0 Å². The number of piperidine rings is 1. The SMILES string of the molecule is CS(=O)(=O)N1CC2(CCN(C(=O)[C@@H](COCc3ccccc3)NS(=O)(=O)CCN3CCCC3)CC2)c2ccccc21. The van der Waals surface area contributed by atoms with Gasteiger partial charge in [-0.15, -0.1) is 0 Å². The van der Waals surface area contributed by atoms with Gasteiger partial charge in [-0.05, 0) is 56.0 Å². The smallest absolute Gasteiger partial charge is 0.243 e. The van der Waals surface area contributed by atoms with Crippen LogP contribution in [0.3, 0.4) is 0 Å². The van der Waals surface area contributed by atoms with Gasteiger partial charge in [0.2, 0.25) is 26.0 Å². The number of sulfonamides is 2. The van der Waals surface area contributed by atoms with Crippen LogP contribution in [0.1, 0.15) is 36.8 Å². The lowest BCUT2D eigenvalue weighted by Crippen LogP contribution is -2.55. The monoisotopic (exact) mass is 604 g/mol. The molecule has 0 unspecified atom stereocenters. The van der Waals surface area contributed by atoms with E-state index in [0.717, 1.165) is 37.1 Å². The fourth-order valence-electron chi connectivity index (χ4n) is 6.24. The van der Waals surface area contributed by atoms with Gasteiger partial charge < -0.3 is 14.5 Å². The number of para-hydroxylation sites is 1. The lowest BCUT2D eigenvalue weighted by Gasteiger charge is -2.40. The highest BCUT2D eigenvalue weighted by Gasteiger charge is 2.48. The third-order valence-corrected chi connectivity index (χ3v) is 11.0. The van der Waals surface area contributed by atoms with E-state index in [2.05, 4.69) is 9.62 Å². The summed E-state index contributed by atoms with van der Waals surface area (Å²) in [6.07, 6.45) is 4.54. The van der Waals surface area contributed by atoms with Gasteiger partial charge in [0.25, 0.3) is 0 Å². The van der Waals surface area contributed by atoms with Crippen LogP contribution in [0.5, 0.6) is 0 Å². The van der Waals surface area contributed by atoms with Gasteiger partial charge >= 0.3 is 0 Å². The molecule has 3 aliphatic rings. The van der Waals surface area contributed by atoms with Gasteiger partial charge in [0, 0.05) is 31.6 Å². The highest BCUT2D eigenvalue weighted by atomic mass is 32.2. The number of rotatable bonds is 11. The molecule has 1 spiro atoms. The average molecular weight is 605 g/mol. The standard InChI is InChI=1S/C29H40N4O6S2/c1-40(35,36)33-23-29(25-11-5-6-12-27(25)33)13-17-32(18-14-29)28(34)26(22-39-21-24-9-3-2-4-10-24)30-41(37,38)20-19-31-15-7-8-16-31/h2-6,9-12,26,30H,7-8,13-23H2,1H3/t26-/m1/s1. The molecule has 41 heavy (non-hydrogen) atoms. The largest absolute Gasteiger partial charge is 0.375 e. The molecule has 5 rings (SSSR count). The minimum absolute atomic E-state index is 0.0727. The van der Waals surface area contributed by atoms with Crippen molar-refractivity contribution in [3.05, 3.63) is 65.7 Å². The summed E-state index contributed by atoms with van der Waals surface area (Å²) in [6, 6.07) is 16.1. The molecular formula is C29H40N4O6S2. The van der Waals surface area contributed by atoms with Gasteiger partial charge in [0.1, 0.15) is 6.04 Å². The molecule has 0 radical (unpaired) electrons. The number of ether oxygens (including phenoxy) is 1. The molecule has 3 aliphatic heterocycles. The second-order valence-electron chi connectivity index (χ2n) is 11.4. The van der Waals surface area contributed by atoms with Crippen molar-refractivity contribution in [1.29, 1.82) is 0 Å². The van der Waals surface area contributed by atoms with Crippen LogP contribution in [-0.2, 0) is 41.6 Å². The van der Waals surface area contributed by atoms with E-state index in [0.29, 0.717) is 44.7 Å². The van der Waals surface area contributed by atoms with E-state index in [-0.39, 0.29) is 30.3 Å². The summed E-state index contributed by atoms with van der Waals surface area (Å²) in [5.41, 5.74) is 2.24. The number of anilines is 1. The quantitative estimate of drug-likeness (QED) is 0.417. The first-order valence-corrected chi connectivity index (χ1v) is 17.8. The topological polar surface area (TPSA) is 116 Å². The van der Waals surface area contributed by atoms with E-state index >= 15 is 0 Å². The number of fused-ring (bicyclic) bond motifs is 2. The van der Waals surface area contributed by atoms with Gasteiger partial charge in [0.15, 0.2) is 0 Å². The van der Waals surface area contributed by atoms with E-state index in [4.69, 9.17) is 4.74 Å². The highest BCUT2D eigenvalue weighted by molar-refractivity contribution is 7.92. The number of likely N-dealkylation sites (tertiary alicyclic amines) is 2. The van der Waals surface area contributed by atoms with Crippen LogP contribution in [0.4, 0.5) is 5.69 Å². The van der Waals surface area contributed by atoms with Crippen molar-refractivity contribution in [2.75, 3.05) is 62.2 Å². The Morgan fingerprint density at radius 3 is 2.29 bits per heavy atom. The second kappa shape index (κ2) is 12.4. The summed E-state index contributed by atoms with van der Waals surface area (Å²) >= 11 is 0. The fourth-order valence-corrected chi connectivity index (χ4v) is 8.46. The maximum Gasteiger partial charge on any atom is 0.243 e. The van der Waals surface area contributed by atoms with Gasteiger partial charge in [-0.25, -0.2) is 21.6 Å². The Morgan fingerprint density at radius 2 is 1.61 bits per heavy atom. The molecule has 3 heterocycles. The molecule has 12 heteroatoms. The highest BCUT2D eigenvalue weighted by Crippen LogP contribution is 2.47. The van der Waals surface area contributed by atoms with Gasteiger partial charge in [-0.1, -0.05) is 48.5 Å². The second-order valence-corrected chi connectivity index (χ2v) is 15.2. The summed E-state index contributed by atoms with van der Waals surface area (Å²) in [7, 11) is -7.17. The minimum Gasteiger partial charge on any atom is -0.375 e. The van der Waals surface area contributed by atoms with Gasteiger partial charge in [-0.2, -0.15) is 0 Å². The summed E-state index contributed by atoms with van der Waals surface area (Å²) < 4.78 is 61.2. The van der Waals surface area contributed by atoms with Crippen LogP contribution in [0.15, 0.2) is 54.6 Å². The number of nitrogens with one attached hydrogen (secondary N) is 1. The Kier molecular flexibility index (Phi) is 9.05. The summed E-state index contributed by atoms with van der Waals surface area (Å²) in [6.45, 7) is 3.56. The van der Waals surface area contributed by atoms with Crippen LogP contribution in [-0.4, -0.2) is 96.5 Å². The van der Waals surface area contributed by atoms with E-state index in [1.165, 1.54) is 10.6 Å². The molecule has 0 aliphatic carbocycles. The molecule has 10 nitrogen and oxygen atoms in total. The summed E-state index contributed by atoms with van der Waals surface area (Å²) in [4.78, 5) is 17.6. The lowest BCUT2D eigenvalue weighted by molar-refractivity contribution is -0.136. The Hall–Kier alpha value is -2.51. The number of amides is 1. The Balaban J connectivity index is 1.27. The Bertz CT molecular complexity index is 1420. The van der Waals surface area contributed by atoms with Crippen molar-refractivity contribution >= 4 is 31.6 Å². The van der Waals surface area contributed by atoms with Crippen molar-refractivity contribution in [3.8, 4) is 0 Å². The van der Waals surface area contributed by atoms with Crippen molar-refractivity contribution in [2.45, 2.75) is 43.7 Å². The molecular weight excluding hydrogens is 564 g/mol. The van der Waals surface area contributed by atoms with Crippen molar-refractivity contribution in [2.24, 2.45) is 0 Å². The van der Waals surface area contributed by atoms with Gasteiger partial charge in [-0.3, -0.25) is 9.10 Å². The molecule has 2 saturated heterocycles. The number of benzene rings is 2. The van der Waals surface area contributed by atoms with E-state index in [1.807, 2.05) is 54.6 Å². The van der Waals surface area contributed by atoms with E-state index in [1.54, 1.807) is 4.90 Å². The summed E-state index contributed by atoms with van der Waals surface area (Å²) in [5.74, 6) is -0.389. The zero-order chi connectivity index (χ0) is 29.1. The summed E-state index contributed by atoms with van der Waals surface area (Å²) in [5, 5.41) is 0. The van der Waals surface area contributed by atoms with E-state index in [9.17, 15) is 21.6 Å². The maximum absolute atomic E-state index is 13.8. The fraction of sp³-hybridized carbons (Fsp3) is 0.552. The molecule has 1 atom stereocenters. The number of hydrogen-bond donors (Lipinski definition) is 1. The predicted octanol–water partition coefficient (Wildman–Crippen LogP) is 1.93. The van der Waals surface area contributed by atoms with Crippen LogP contribution >= 0.6 is 0 Å². The van der Waals surface area contributed by atoms with Crippen LogP contribution in [0, 0.1) is 0 Å². The Labute approximate surface area is 243 Å². The average Bonchev–Trinajstić information content (AvgIpc) is 3.59. The van der Waals surface area contributed by atoms with E-state index < -0.39 is 26.1 Å². The zero-order valence-corrected chi connectivity index (χ0v) is 25.2. The molecule has 0 bridgehead atoms. The normalized spacial score (nSPS) is 19.9. The van der Waals surface area contributed by atoms with Crippen molar-refractivity contribution < 1.29 is 26.4 Å². The zero-order valence-electron chi connectivity index (χ0n) is 23.6. The minimum atomic E-state index is -3.73. The number of nitrogens with zero attached hydrogens (tertiary/aromatic N) is 3. The van der Waals surface area contributed by atoms with Crippen LogP contribution in [0.25, 0.3) is 0 Å². The first-order chi connectivity index (χ1) is 19.6. The molecule has 2 aromatic carbocycles. The molecule has 2 aromatic rings. The third-order valence-electron chi connectivity index (χ3n) is 8.51. The van der Waals surface area contributed by atoms with Crippen molar-refractivity contribution in [1.82, 2.24) is 14.5 Å². The Morgan fingerprint density at radius 1 is 0.951 bits per heavy atom. The number of carbonyl (C=O) groups is 1. The first-order valence-electron chi connectivity index (χ1n) is 14.3. The molecule has 224 valence electrons.